The van der Waals surface area contributed by atoms with Gasteiger partial charge in [0.2, 0.25) is 0 Å². The first-order chi connectivity index (χ1) is 6.90. The van der Waals surface area contributed by atoms with Crippen molar-refractivity contribution in [2.75, 3.05) is 13.7 Å². The Bertz CT molecular complexity index is 372. The summed E-state index contributed by atoms with van der Waals surface area (Å²) < 4.78 is 4.90. The van der Waals surface area contributed by atoms with Gasteiger partial charge in [0.25, 0.3) is 0 Å². The van der Waals surface area contributed by atoms with Crippen LogP contribution < -0.4 is 5.32 Å². The van der Waals surface area contributed by atoms with Crippen LogP contribution in [0.4, 0.5) is 0 Å². The van der Waals surface area contributed by atoms with Gasteiger partial charge in [-0.2, -0.15) is 0 Å². The van der Waals surface area contributed by atoms with Crippen LogP contribution in [0.25, 0.3) is 0 Å². The molecule has 0 amide bonds. The van der Waals surface area contributed by atoms with Crippen molar-refractivity contribution < 1.29 is 4.74 Å². The number of aromatic nitrogens is 1. The minimum absolute atomic E-state index is 0.382. The van der Waals surface area contributed by atoms with Crippen molar-refractivity contribution in [2.24, 2.45) is 10.2 Å². The summed E-state index contributed by atoms with van der Waals surface area (Å²) in [6.45, 7) is 0.382. The molecule has 1 aliphatic rings. The average molecular weight is 189 g/mol. The number of ether oxygens (including phenoxy) is 1. The van der Waals surface area contributed by atoms with Gasteiger partial charge in [-0.3, -0.25) is 4.98 Å². The van der Waals surface area contributed by atoms with Crippen molar-refractivity contribution >= 4 is 11.7 Å². The summed E-state index contributed by atoms with van der Waals surface area (Å²) in [7, 11) is 1.60. The Morgan fingerprint density at radius 2 is 2.29 bits per heavy atom. The fourth-order valence-electron chi connectivity index (χ4n) is 1.08. The second kappa shape index (κ2) is 3.97. The van der Waals surface area contributed by atoms with E-state index in [2.05, 4.69) is 20.5 Å². The highest BCUT2D eigenvalue weighted by atomic mass is 16.5. The van der Waals surface area contributed by atoms with E-state index in [1.807, 2.05) is 12.1 Å². The van der Waals surface area contributed by atoms with E-state index < -0.39 is 0 Å². The van der Waals surface area contributed by atoms with Crippen LogP contribution in [0.2, 0.25) is 0 Å². The third-order valence-electron chi connectivity index (χ3n) is 1.69. The van der Waals surface area contributed by atoms with E-state index in [1.165, 1.54) is 0 Å². The summed E-state index contributed by atoms with van der Waals surface area (Å²) in [5.41, 5.74) is 0.863. The standard InChI is InChI=1S/C9H9N4O/c1-14-6-8-11-9(13-12-8)7-3-2-4-10-5-7/h2-5H,6H2,1H3. The lowest BCUT2D eigenvalue weighted by molar-refractivity contribution is 0.243. The molecule has 0 spiro atoms. The third kappa shape index (κ3) is 1.77. The number of methoxy groups -OCH3 is 1. The maximum absolute atomic E-state index is 4.90. The highest BCUT2D eigenvalue weighted by Gasteiger charge is 2.14. The fraction of sp³-hybridized carbons (Fsp3) is 0.222. The highest BCUT2D eigenvalue weighted by Crippen LogP contribution is 2.03. The second-order valence-corrected chi connectivity index (χ2v) is 2.73. The van der Waals surface area contributed by atoms with Crippen LogP contribution in [0, 0.1) is 0 Å². The molecule has 0 unspecified atom stereocenters. The van der Waals surface area contributed by atoms with Crippen LogP contribution in [-0.4, -0.2) is 30.4 Å². The fourth-order valence-corrected chi connectivity index (χ4v) is 1.08. The Labute approximate surface area is 81.5 Å². The predicted octanol–water partition coefficient (Wildman–Crippen LogP) is 0.406. The molecule has 1 aromatic rings. The lowest BCUT2D eigenvalue weighted by atomic mass is 10.2. The van der Waals surface area contributed by atoms with Gasteiger partial charge < -0.3 is 4.74 Å². The van der Waals surface area contributed by atoms with Crippen molar-refractivity contribution in [3.05, 3.63) is 30.1 Å². The molecule has 0 N–H and O–H groups in total. The first-order valence-corrected chi connectivity index (χ1v) is 4.16. The van der Waals surface area contributed by atoms with E-state index in [9.17, 15) is 0 Å². The number of rotatable bonds is 3. The van der Waals surface area contributed by atoms with Crippen LogP contribution in [0.15, 0.2) is 34.7 Å². The number of hydrogen-bond acceptors (Lipinski definition) is 4. The van der Waals surface area contributed by atoms with Gasteiger partial charge in [-0.25, -0.2) is 5.32 Å². The van der Waals surface area contributed by atoms with Crippen molar-refractivity contribution in [3.8, 4) is 0 Å². The topological polar surface area (TPSA) is 60.9 Å². The zero-order chi connectivity index (χ0) is 9.80. The molecule has 71 valence electrons. The van der Waals surface area contributed by atoms with E-state index in [0.717, 1.165) is 5.56 Å². The van der Waals surface area contributed by atoms with Gasteiger partial charge in [0, 0.05) is 25.1 Å². The van der Waals surface area contributed by atoms with Crippen LogP contribution in [0.3, 0.4) is 0 Å². The molecule has 2 rings (SSSR count). The summed E-state index contributed by atoms with van der Waals surface area (Å²) in [6, 6.07) is 3.72. The predicted molar refractivity (Wildman–Crippen MR) is 52.2 cm³/mol. The highest BCUT2D eigenvalue weighted by molar-refractivity contribution is 6.11. The Morgan fingerprint density at radius 1 is 1.36 bits per heavy atom. The van der Waals surface area contributed by atoms with Gasteiger partial charge in [0.05, 0.1) is 0 Å². The average Bonchev–Trinajstić information content (AvgIpc) is 2.68. The van der Waals surface area contributed by atoms with E-state index in [1.54, 1.807) is 19.5 Å². The van der Waals surface area contributed by atoms with Crippen molar-refractivity contribution in [1.29, 1.82) is 0 Å². The number of amidine groups is 2. The zero-order valence-electron chi connectivity index (χ0n) is 7.71. The van der Waals surface area contributed by atoms with Crippen LogP contribution in [0.5, 0.6) is 0 Å². The van der Waals surface area contributed by atoms with E-state index in [0.29, 0.717) is 18.3 Å². The molecular formula is C9H9N4O. The van der Waals surface area contributed by atoms with Crippen molar-refractivity contribution in [1.82, 2.24) is 10.3 Å². The van der Waals surface area contributed by atoms with Crippen LogP contribution in [0.1, 0.15) is 5.56 Å². The van der Waals surface area contributed by atoms with Gasteiger partial charge in [0.1, 0.15) is 6.61 Å². The molecule has 0 saturated heterocycles. The SMILES string of the molecule is COCC1=NN=C(c2cccnc2)[N]1. The minimum atomic E-state index is 0.382. The molecule has 0 atom stereocenters. The Hall–Kier alpha value is -1.75. The third-order valence-corrected chi connectivity index (χ3v) is 1.69. The van der Waals surface area contributed by atoms with Crippen LogP contribution in [-0.2, 0) is 4.74 Å². The summed E-state index contributed by atoms with van der Waals surface area (Å²) in [5.74, 6) is 1.18. The molecule has 2 heterocycles. The van der Waals surface area contributed by atoms with E-state index in [4.69, 9.17) is 4.74 Å². The molecule has 1 radical (unpaired) electrons. The van der Waals surface area contributed by atoms with Gasteiger partial charge >= 0.3 is 0 Å². The summed E-state index contributed by atoms with van der Waals surface area (Å²) in [5, 5.41) is 12.0. The maximum Gasteiger partial charge on any atom is 0.185 e. The van der Waals surface area contributed by atoms with Crippen LogP contribution >= 0.6 is 0 Å². The van der Waals surface area contributed by atoms with E-state index in [-0.39, 0.29) is 0 Å². The molecule has 1 aliphatic heterocycles. The largest absolute Gasteiger partial charge is 0.377 e. The van der Waals surface area contributed by atoms with Crippen molar-refractivity contribution in [3.63, 3.8) is 0 Å². The van der Waals surface area contributed by atoms with Gasteiger partial charge in [-0.15, -0.1) is 10.2 Å². The molecule has 14 heavy (non-hydrogen) atoms. The molecule has 5 nitrogen and oxygen atoms in total. The number of nitrogens with zero attached hydrogens (tertiary/aromatic N) is 4. The van der Waals surface area contributed by atoms with E-state index >= 15 is 0 Å². The lowest BCUT2D eigenvalue weighted by Crippen LogP contribution is -2.22. The quantitative estimate of drug-likeness (QED) is 0.691. The monoisotopic (exact) mass is 189 g/mol. The summed E-state index contributed by atoms with van der Waals surface area (Å²) in [6.07, 6.45) is 3.41. The van der Waals surface area contributed by atoms with Crippen molar-refractivity contribution in [2.45, 2.75) is 0 Å². The van der Waals surface area contributed by atoms with Gasteiger partial charge in [-0.1, -0.05) is 0 Å². The minimum Gasteiger partial charge on any atom is -0.377 e. The molecule has 0 saturated carbocycles. The molecule has 1 aromatic heterocycles. The molecule has 5 heteroatoms. The first kappa shape index (κ1) is 8.83. The maximum atomic E-state index is 4.90. The Kier molecular flexibility index (Phi) is 2.51. The smallest absolute Gasteiger partial charge is 0.185 e. The van der Waals surface area contributed by atoms with Gasteiger partial charge in [0.15, 0.2) is 11.7 Å². The zero-order valence-corrected chi connectivity index (χ0v) is 7.71. The number of pyridine rings is 1. The summed E-state index contributed by atoms with van der Waals surface area (Å²) >= 11 is 0. The lowest BCUT2D eigenvalue weighted by Gasteiger charge is -1.99. The molecular weight excluding hydrogens is 180 g/mol. The second-order valence-electron chi connectivity index (χ2n) is 2.73. The Morgan fingerprint density at radius 3 is 3.00 bits per heavy atom. The van der Waals surface area contributed by atoms with Gasteiger partial charge in [-0.05, 0) is 12.1 Å². The molecule has 0 aliphatic carbocycles. The molecule has 0 aromatic carbocycles. The Balaban J connectivity index is 2.06. The summed E-state index contributed by atoms with van der Waals surface area (Å²) in [4.78, 5) is 3.98. The number of hydrogen-bond donors (Lipinski definition) is 0. The molecule has 0 bridgehead atoms. The normalized spacial score (nSPS) is 14.6. The molecule has 0 fully saturated rings. The first-order valence-electron chi connectivity index (χ1n) is 4.16.